The van der Waals surface area contributed by atoms with Crippen molar-refractivity contribution in [1.29, 1.82) is 0 Å². The van der Waals surface area contributed by atoms with Gasteiger partial charge in [-0.2, -0.15) is 0 Å². The number of rotatable bonds is 0. The molecule has 186 valence electrons. The van der Waals surface area contributed by atoms with E-state index >= 15 is 0 Å². The number of ether oxygens (including phenoxy) is 1. The van der Waals surface area contributed by atoms with E-state index in [2.05, 4.69) is 48.5 Å². The van der Waals surface area contributed by atoms with E-state index in [1.807, 2.05) is 0 Å². The predicted molar refractivity (Wildman–Crippen MR) is 130 cm³/mol. The van der Waals surface area contributed by atoms with E-state index in [0.29, 0.717) is 28.6 Å². The lowest BCUT2D eigenvalue weighted by Gasteiger charge is -2.73. The van der Waals surface area contributed by atoms with Crippen LogP contribution in [0.15, 0.2) is 0 Å². The third kappa shape index (κ3) is 2.45. The van der Waals surface area contributed by atoms with Crippen LogP contribution in [-0.2, 0) is 9.53 Å². The average molecular weight is 457 g/mol. The summed E-state index contributed by atoms with van der Waals surface area (Å²) < 4.78 is 6.28. The molecular formula is C30H48O3. The molecule has 6 fully saturated rings. The van der Waals surface area contributed by atoms with Crippen LogP contribution in [-0.4, -0.2) is 23.3 Å². The van der Waals surface area contributed by atoms with Crippen molar-refractivity contribution >= 4 is 5.97 Å². The third-order valence-electron chi connectivity index (χ3n) is 14.0. The van der Waals surface area contributed by atoms with Crippen LogP contribution in [0.5, 0.6) is 0 Å². The molecule has 6 aliphatic rings. The van der Waals surface area contributed by atoms with Gasteiger partial charge in [-0.25, -0.2) is 0 Å². The largest absolute Gasteiger partial charge is 0.461 e. The molecule has 2 bridgehead atoms. The summed E-state index contributed by atoms with van der Waals surface area (Å²) in [6.45, 7) is 17.3. The first-order valence-electron chi connectivity index (χ1n) is 14.1. The molecule has 1 heterocycles. The van der Waals surface area contributed by atoms with Gasteiger partial charge in [-0.1, -0.05) is 48.5 Å². The molecule has 0 amide bonds. The van der Waals surface area contributed by atoms with Crippen LogP contribution in [0, 0.1) is 56.2 Å². The monoisotopic (exact) mass is 456 g/mol. The molecule has 0 aromatic carbocycles. The first-order valence-corrected chi connectivity index (χ1v) is 14.1. The van der Waals surface area contributed by atoms with Crippen molar-refractivity contribution in [2.75, 3.05) is 0 Å². The van der Waals surface area contributed by atoms with Crippen LogP contribution in [0.1, 0.15) is 113 Å². The van der Waals surface area contributed by atoms with Gasteiger partial charge in [0, 0.05) is 11.3 Å². The fourth-order valence-electron chi connectivity index (χ4n) is 11.8. The minimum absolute atomic E-state index is 0.00939. The van der Waals surface area contributed by atoms with Gasteiger partial charge in [0.25, 0.3) is 0 Å². The van der Waals surface area contributed by atoms with Crippen LogP contribution >= 0.6 is 0 Å². The van der Waals surface area contributed by atoms with E-state index in [1.165, 1.54) is 38.5 Å². The topological polar surface area (TPSA) is 46.5 Å². The summed E-state index contributed by atoms with van der Waals surface area (Å²) >= 11 is 0. The highest BCUT2D eigenvalue weighted by molar-refractivity contribution is 5.81. The molecule has 0 radical (unpaired) electrons. The number of aliphatic hydroxyl groups excluding tert-OH is 1. The Hall–Kier alpha value is -0.570. The standard InChI is InChI=1S/C30H48O3/c1-25(2)14-16-30-17-15-28(6)18(22(30)23(25)33-24(30)32)8-9-20-27(5)12-11-21(31)26(3,4)19(27)10-13-29(20,28)7/h18-23,31H,8-17H2,1-7H3/t18-,19+,20+,21-,22-,23+,27-,28+,29+,30+/m0/s1. The Morgan fingerprint density at radius 2 is 1.45 bits per heavy atom. The second-order valence-corrected chi connectivity index (χ2v) is 15.5. The molecule has 5 saturated carbocycles. The Balaban J connectivity index is 1.41. The average Bonchev–Trinajstić information content (AvgIpc) is 2.99. The molecule has 0 aromatic rings. The molecule has 3 nitrogen and oxygen atoms in total. The lowest BCUT2D eigenvalue weighted by atomic mass is 9.31. The van der Waals surface area contributed by atoms with Crippen LogP contribution < -0.4 is 0 Å². The van der Waals surface area contributed by atoms with Crippen LogP contribution in [0.3, 0.4) is 0 Å². The lowest BCUT2D eigenvalue weighted by Crippen LogP contribution is -2.67. The maximum atomic E-state index is 13.3. The van der Waals surface area contributed by atoms with E-state index in [1.54, 1.807) is 0 Å². The second-order valence-electron chi connectivity index (χ2n) is 15.5. The normalized spacial score (nSPS) is 58.4. The Morgan fingerprint density at radius 3 is 2.18 bits per heavy atom. The van der Waals surface area contributed by atoms with E-state index in [4.69, 9.17) is 4.74 Å². The van der Waals surface area contributed by atoms with E-state index < -0.39 is 0 Å². The van der Waals surface area contributed by atoms with E-state index in [0.717, 1.165) is 31.6 Å². The minimum atomic E-state index is -0.189. The molecule has 1 saturated heterocycles. The number of aliphatic hydroxyl groups is 1. The van der Waals surface area contributed by atoms with Gasteiger partial charge in [0.1, 0.15) is 6.10 Å². The van der Waals surface area contributed by atoms with Crippen molar-refractivity contribution < 1.29 is 14.6 Å². The summed E-state index contributed by atoms with van der Waals surface area (Å²) in [6, 6.07) is 0. The number of esters is 1. The Labute approximate surface area is 201 Å². The summed E-state index contributed by atoms with van der Waals surface area (Å²) in [7, 11) is 0. The molecule has 1 aliphatic heterocycles. The quantitative estimate of drug-likeness (QED) is 0.409. The minimum Gasteiger partial charge on any atom is -0.461 e. The number of carbonyl (C=O) groups excluding carboxylic acids is 1. The summed E-state index contributed by atoms with van der Waals surface area (Å²) in [6.07, 6.45) is 11.6. The first-order chi connectivity index (χ1) is 15.2. The summed E-state index contributed by atoms with van der Waals surface area (Å²) in [5, 5.41) is 10.9. The molecule has 5 aliphatic carbocycles. The first kappa shape index (κ1) is 22.9. The number of carbonyl (C=O) groups is 1. The Morgan fingerprint density at radius 1 is 0.758 bits per heavy atom. The molecule has 6 rings (SSSR count). The van der Waals surface area contributed by atoms with E-state index in [9.17, 15) is 9.90 Å². The zero-order chi connectivity index (χ0) is 23.8. The zero-order valence-corrected chi connectivity index (χ0v) is 22.3. The molecule has 33 heavy (non-hydrogen) atoms. The zero-order valence-electron chi connectivity index (χ0n) is 22.3. The van der Waals surface area contributed by atoms with Crippen LogP contribution in [0.25, 0.3) is 0 Å². The van der Waals surface area contributed by atoms with Crippen molar-refractivity contribution in [3.63, 3.8) is 0 Å². The Bertz CT molecular complexity index is 876. The highest BCUT2D eigenvalue weighted by Crippen LogP contribution is 2.78. The number of hydrogen-bond donors (Lipinski definition) is 1. The van der Waals surface area contributed by atoms with E-state index in [-0.39, 0.29) is 39.8 Å². The fourth-order valence-corrected chi connectivity index (χ4v) is 11.8. The van der Waals surface area contributed by atoms with Gasteiger partial charge < -0.3 is 9.84 Å². The van der Waals surface area contributed by atoms with Gasteiger partial charge in [0.05, 0.1) is 11.5 Å². The highest BCUT2D eigenvalue weighted by Gasteiger charge is 2.75. The van der Waals surface area contributed by atoms with Crippen molar-refractivity contribution in [1.82, 2.24) is 0 Å². The lowest BCUT2D eigenvalue weighted by molar-refractivity contribution is -0.252. The summed E-state index contributed by atoms with van der Waals surface area (Å²) in [4.78, 5) is 13.3. The molecular weight excluding hydrogens is 408 g/mol. The van der Waals surface area contributed by atoms with Gasteiger partial charge >= 0.3 is 5.97 Å². The number of hydrogen-bond acceptors (Lipinski definition) is 3. The molecule has 3 heteroatoms. The molecule has 0 unspecified atom stereocenters. The molecule has 1 N–H and O–H groups in total. The van der Waals surface area contributed by atoms with Gasteiger partial charge in [-0.15, -0.1) is 0 Å². The van der Waals surface area contributed by atoms with Crippen molar-refractivity contribution in [3.05, 3.63) is 0 Å². The van der Waals surface area contributed by atoms with Crippen molar-refractivity contribution in [2.24, 2.45) is 56.2 Å². The summed E-state index contributed by atoms with van der Waals surface area (Å²) in [5.74, 6) is 2.50. The predicted octanol–water partition coefficient (Wildman–Crippen LogP) is 6.76. The number of fused-ring (bicyclic) bond motifs is 5. The smallest absolute Gasteiger partial charge is 0.312 e. The maximum Gasteiger partial charge on any atom is 0.312 e. The van der Waals surface area contributed by atoms with Crippen LogP contribution in [0.4, 0.5) is 0 Å². The summed E-state index contributed by atoms with van der Waals surface area (Å²) in [5.41, 5.74) is 0.823. The SMILES string of the molecule is CC1(C)CC[C@@]23CC[C@]4(C)[C@@H](CC[C@@H]5[C@@]6(C)CC[C@H](O)C(C)(C)[C@H]6CC[C@]54C)[C@H]2[C@H]1OC3=O. The van der Waals surface area contributed by atoms with Gasteiger partial charge in [0.2, 0.25) is 0 Å². The maximum absolute atomic E-state index is 13.3. The van der Waals surface area contributed by atoms with Gasteiger partial charge in [-0.05, 0) is 104 Å². The molecule has 10 atom stereocenters. The molecule has 0 spiro atoms. The van der Waals surface area contributed by atoms with Crippen LogP contribution in [0.2, 0.25) is 0 Å². The Kier molecular flexibility index (Phi) is 4.44. The molecule has 0 aromatic heterocycles. The second kappa shape index (κ2) is 6.40. The van der Waals surface area contributed by atoms with Gasteiger partial charge in [-0.3, -0.25) is 4.79 Å². The van der Waals surface area contributed by atoms with Crippen molar-refractivity contribution in [3.8, 4) is 0 Å². The fraction of sp³-hybridized carbons (Fsp3) is 0.967. The highest BCUT2D eigenvalue weighted by atomic mass is 16.6. The van der Waals surface area contributed by atoms with Gasteiger partial charge in [0.15, 0.2) is 0 Å². The van der Waals surface area contributed by atoms with Crippen molar-refractivity contribution in [2.45, 2.75) is 125 Å². The third-order valence-corrected chi connectivity index (χ3v) is 14.0.